The molecule has 3 aromatic heterocycles. The van der Waals surface area contributed by atoms with Crippen LogP contribution in [-0.4, -0.2) is 47.1 Å². The molecule has 3 heterocycles. The molecule has 208 valence electrons. The maximum absolute atomic E-state index is 13.9. The summed E-state index contributed by atoms with van der Waals surface area (Å²) in [5, 5.41) is 3.20. The molecule has 2 aliphatic carbocycles. The van der Waals surface area contributed by atoms with Crippen LogP contribution in [0.5, 0.6) is 5.88 Å². The van der Waals surface area contributed by atoms with Crippen molar-refractivity contribution in [1.82, 2.24) is 29.5 Å². The molecule has 40 heavy (non-hydrogen) atoms. The van der Waals surface area contributed by atoms with Gasteiger partial charge < -0.3 is 10.1 Å². The van der Waals surface area contributed by atoms with Gasteiger partial charge in [0.25, 0.3) is 5.56 Å². The van der Waals surface area contributed by atoms with Crippen LogP contribution in [-0.2, 0) is 16.3 Å². The predicted octanol–water partition coefficient (Wildman–Crippen LogP) is 4.46. The molecule has 1 aromatic carbocycles. The van der Waals surface area contributed by atoms with Crippen LogP contribution in [0.2, 0.25) is 0 Å². The second kappa shape index (κ2) is 9.92. The van der Waals surface area contributed by atoms with Crippen molar-refractivity contribution in [2.45, 2.75) is 62.9 Å². The molecule has 2 aliphatic rings. The standard InChI is InChI=1S/C28H32N8O3S/c1-15-22-26(35-24(33-15)21-23(19-9-10-19)31-14-32-27(21)39-3)36(16(2)18-7-8-18)28(37)25(34-22)30-13-17-5-11-20(12-6-17)40(4,29)38/h5-6,11-12,14,16,18-19,29H,7-10,13H2,1-4H3,(H,30,34)/t16-,40?/m0/s1. The number of aromatic nitrogens is 6. The lowest BCUT2D eigenvalue weighted by molar-refractivity contribution is 0.397. The van der Waals surface area contributed by atoms with E-state index in [1.54, 1.807) is 35.9 Å². The largest absolute Gasteiger partial charge is 0.480 e. The van der Waals surface area contributed by atoms with Gasteiger partial charge in [-0.05, 0) is 63.1 Å². The Bertz CT molecular complexity index is 1780. The molecule has 0 saturated heterocycles. The number of hydrogen-bond acceptors (Lipinski definition) is 10. The Balaban J connectivity index is 1.45. The van der Waals surface area contributed by atoms with Crippen molar-refractivity contribution in [1.29, 1.82) is 4.78 Å². The number of anilines is 1. The summed E-state index contributed by atoms with van der Waals surface area (Å²) in [5.41, 5.74) is 3.86. The molecule has 4 aromatic rings. The number of fused-ring (bicyclic) bond motifs is 1. The predicted molar refractivity (Wildman–Crippen MR) is 152 cm³/mol. The van der Waals surface area contributed by atoms with Crippen LogP contribution >= 0.6 is 0 Å². The molecular formula is C28H32N8O3S. The van der Waals surface area contributed by atoms with Gasteiger partial charge in [-0.25, -0.2) is 33.9 Å². The number of nitrogens with zero attached hydrogens (tertiary/aromatic N) is 6. The smallest absolute Gasteiger partial charge is 0.295 e. The van der Waals surface area contributed by atoms with E-state index in [-0.39, 0.29) is 17.4 Å². The normalized spacial score (nSPS) is 17.4. The Morgan fingerprint density at radius 1 is 1.12 bits per heavy atom. The molecule has 6 rings (SSSR count). The van der Waals surface area contributed by atoms with Gasteiger partial charge in [-0.2, -0.15) is 0 Å². The van der Waals surface area contributed by atoms with E-state index in [9.17, 15) is 9.00 Å². The van der Waals surface area contributed by atoms with Gasteiger partial charge in [0.2, 0.25) is 5.88 Å². The molecule has 0 spiro atoms. The highest BCUT2D eigenvalue weighted by atomic mass is 32.2. The first kappa shape index (κ1) is 26.3. The molecule has 2 atom stereocenters. The Hall–Kier alpha value is -3.93. The minimum atomic E-state index is -2.79. The average molecular weight is 561 g/mol. The van der Waals surface area contributed by atoms with Crippen molar-refractivity contribution < 1.29 is 8.95 Å². The van der Waals surface area contributed by atoms with E-state index < -0.39 is 9.73 Å². The first-order valence-corrected chi connectivity index (χ1v) is 15.4. The van der Waals surface area contributed by atoms with E-state index in [0.717, 1.165) is 36.9 Å². The molecule has 0 amide bonds. The second-order valence-corrected chi connectivity index (χ2v) is 12.9. The molecule has 2 saturated carbocycles. The number of ether oxygens (including phenoxy) is 1. The zero-order valence-corrected chi connectivity index (χ0v) is 23.8. The quantitative estimate of drug-likeness (QED) is 0.303. The lowest BCUT2D eigenvalue weighted by atomic mass is 10.1. The van der Waals surface area contributed by atoms with Crippen LogP contribution < -0.4 is 15.6 Å². The summed E-state index contributed by atoms with van der Waals surface area (Å²) >= 11 is 0. The first-order chi connectivity index (χ1) is 19.2. The van der Waals surface area contributed by atoms with Gasteiger partial charge in [0.05, 0.1) is 28.2 Å². The number of aryl methyl sites for hydroxylation is 1. The fourth-order valence-electron chi connectivity index (χ4n) is 5.08. The van der Waals surface area contributed by atoms with E-state index in [2.05, 4.69) is 22.2 Å². The minimum absolute atomic E-state index is 0.0634. The molecule has 12 heteroatoms. The molecule has 2 N–H and O–H groups in total. The van der Waals surface area contributed by atoms with Crippen LogP contribution in [0, 0.1) is 17.6 Å². The summed E-state index contributed by atoms with van der Waals surface area (Å²) < 4.78 is 27.1. The molecule has 0 aliphatic heterocycles. The molecule has 11 nitrogen and oxygen atoms in total. The minimum Gasteiger partial charge on any atom is -0.480 e. The van der Waals surface area contributed by atoms with Crippen molar-refractivity contribution in [3.8, 4) is 17.3 Å². The Kier molecular flexibility index (Phi) is 6.52. The average Bonchev–Trinajstić information content (AvgIpc) is 3.84. The highest BCUT2D eigenvalue weighted by Gasteiger charge is 2.34. The number of hydrogen-bond donors (Lipinski definition) is 2. The van der Waals surface area contributed by atoms with Crippen LogP contribution in [0.25, 0.3) is 22.6 Å². The van der Waals surface area contributed by atoms with Crippen LogP contribution in [0.1, 0.15) is 61.5 Å². The van der Waals surface area contributed by atoms with Crippen molar-refractivity contribution >= 4 is 26.7 Å². The molecule has 2 fully saturated rings. The van der Waals surface area contributed by atoms with Crippen LogP contribution in [0.15, 0.2) is 40.3 Å². The zero-order chi connectivity index (χ0) is 28.2. The maximum Gasteiger partial charge on any atom is 0.295 e. The summed E-state index contributed by atoms with van der Waals surface area (Å²) in [6.45, 7) is 4.27. The maximum atomic E-state index is 13.9. The fourth-order valence-corrected chi connectivity index (χ4v) is 5.74. The van der Waals surface area contributed by atoms with E-state index in [1.807, 2.05) is 6.92 Å². The summed E-state index contributed by atoms with van der Waals surface area (Å²) in [5.74, 6) is 1.80. The van der Waals surface area contributed by atoms with Gasteiger partial charge in [0.1, 0.15) is 17.4 Å². The van der Waals surface area contributed by atoms with E-state index in [1.165, 1.54) is 12.6 Å². The van der Waals surface area contributed by atoms with Gasteiger partial charge in [-0.1, -0.05) is 12.1 Å². The third-order valence-electron chi connectivity index (χ3n) is 7.68. The topological polar surface area (TPSA) is 149 Å². The monoisotopic (exact) mass is 560 g/mol. The fraction of sp³-hybridized carbons (Fsp3) is 0.429. The summed E-state index contributed by atoms with van der Waals surface area (Å²) in [4.78, 5) is 37.7. The van der Waals surface area contributed by atoms with Crippen molar-refractivity contribution in [2.24, 2.45) is 5.92 Å². The summed E-state index contributed by atoms with van der Waals surface area (Å²) in [6.07, 6.45) is 7.12. The number of nitrogens with one attached hydrogen (secondary N) is 2. The van der Waals surface area contributed by atoms with E-state index in [4.69, 9.17) is 24.5 Å². The number of benzene rings is 1. The van der Waals surface area contributed by atoms with Crippen molar-refractivity contribution in [3.05, 3.63) is 57.9 Å². The molecule has 0 radical (unpaired) electrons. The summed E-state index contributed by atoms with van der Waals surface area (Å²) in [6, 6.07) is 6.92. The molecule has 1 unspecified atom stereocenters. The van der Waals surface area contributed by atoms with Crippen molar-refractivity contribution in [3.63, 3.8) is 0 Å². The highest BCUT2D eigenvalue weighted by Crippen LogP contribution is 2.45. The SMILES string of the molecule is COc1ncnc(C2CC2)c1-c1nc(C)c2nc(NCc3ccc(S(C)(=N)=O)cc3)c(=O)n([C@@H](C)C3CC3)c2n1. The molecule has 0 bridgehead atoms. The molecular weight excluding hydrogens is 528 g/mol. The van der Waals surface area contributed by atoms with E-state index >= 15 is 0 Å². The lowest BCUT2D eigenvalue weighted by Crippen LogP contribution is -2.29. The van der Waals surface area contributed by atoms with Crippen LogP contribution in [0.4, 0.5) is 5.82 Å². The van der Waals surface area contributed by atoms with Gasteiger partial charge in [0, 0.05) is 29.7 Å². The van der Waals surface area contributed by atoms with Gasteiger partial charge in [-0.15, -0.1) is 0 Å². The Morgan fingerprint density at radius 2 is 1.85 bits per heavy atom. The summed E-state index contributed by atoms with van der Waals surface area (Å²) in [7, 11) is -1.22. The number of rotatable bonds is 9. The van der Waals surface area contributed by atoms with Crippen LogP contribution in [0.3, 0.4) is 0 Å². The lowest BCUT2D eigenvalue weighted by Gasteiger charge is -2.20. The highest BCUT2D eigenvalue weighted by molar-refractivity contribution is 7.91. The van der Waals surface area contributed by atoms with Gasteiger partial charge >= 0.3 is 0 Å². The third kappa shape index (κ3) is 4.91. The zero-order valence-electron chi connectivity index (χ0n) is 23.0. The van der Waals surface area contributed by atoms with Gasteiger partial charge in [0.15, 0.2) is 17.3 Å². The van der Waals surface area contributed by atoms with Gasteiger partial charge in [-0.3, -0.25) is 9.36 Å². The van der Waals surface area contributed by atoms with Crippen molar-refractivity contribution in [2.75, 3.05) is 18.7 Å². The first-order valence-electron chi connectivity index (χ1n) is 13.4. The van der Waals surface area contributed by atoms with E-state index in [0.29, 0.717) is 57.4 Å². The Morgan fingerprint density at radius 3 is 2.48 bits per heavy atom. The second-order valence-electron chi connectivity index (χ2n) is 10.8. The number of methoxy groups -OCH3 is 1. The third-order valence-corrected chi connectivity index (χ3v) is 8.85. The Labute approximate surface area is 232 Å².